The van der Waals surface area contributed by atoms with Gasteiger partial charge in [0.15, 0.2) is 11.5 Å². The molecule has 0 radical (unpaired) electrons. The van der Waals surface area contributed by atoms with Crippen molar-refractivity contribution in [3.63, 3.8) is 0 Å². The Morgan fingerprint density at radius 3 is 2.46 bits per heavy atom. The Balaban J connectivity index is 1.16. The second-order valence-electron chi connectivity index (χ2n) is 15.2. The molecule has 1 saturated carbocycles. The predicted molar refractivity (Wildman–Crippen MR) is 216 cm³/mol. The third kappa shape index (κ3) is 5.27. The van der Waals surface area contributed by atoms with Gasteiger partial charge in [-0.3, -0.25) is 38.9 Å². The van der Waals surface area contributed by atoms with Crippen molar-refractivity contribution in [1.29, 1.82) is 0 Å². The zero-order valence-corrected chi connectivity index (χ0v) is 34.0. The van der Waals surface area contributed by atoms with Gasteiger partial charge in [0.25, 0.3) is 5.69 Å². The van der Waals surface area contributed by atoms with E-state index in [4.69, 9.17) is 21.4 Å². The van der Waals surface area contributed by atoms with E-state index in [1.54, 1.807) is 32.2 Å². The van der Waals surface area contributed by atoms with Crippen LogP contribution in [0.2, 0.25) is 5.02 Å². The average molecular weight is 871 g/mol. The second-order valence-corrected chi connectivity index (χ2v) is 17.6. The fourth-order valence-electron chi connectivity index (χ4n) is 9.72. The highest BCUT2D eigenvalue weighted by molar-refractivity contribution is 9.10. The summed E-state index contributed by atoms with van der Waals surface area (Å²) < 4.78 is 8.40. The van der Waals surface area contributed by atoms with Crippen molar-refractivity contribution in [2.75, 3.05) is 16.9 Å². The van der Waals surface area contributed by atoms with Crippen LogP contribution in [-0.2, 0) is 26.2 Å². The molecule has 1 N–H and O–H groups in total. The van der Waals surface area contributed by atoms with Crippen molar-refractivity contribution in [3.05, 3.63) is 103 Å². The summed E-state index contributed by atoms with van der Waals surface area (Å²) in [6.45, 7) is 3.76. The van der Waals surface area contributed by atoms with Gasteiger partial charge in [0.2, 0.25) is 23.6 Å². The number of allylic oxidation sites excluding steroid dienone is 2. The lowest BCUT2D eigenvalue weighted by atomic mass is 9.51. The molecule has 290 valence electrons. The molecule has 0 spiro atoms. The quantitative estimate of drug-likeness (QED) is 0.0769. The maximum atomic E-state index is 15.2. The molecule has 6 atom stereocenters. The molecule has 6 unspecified atom stereocenters. The Kier molecular flexibility index (Phi) is 8.54. The van der Waals surface area contributed by atoms with E-state index >= 15 is 4.79 Å². The molecule has 4 heterocycles. The van der Waals surface area contributed by atoms with E-state index in [0.29, 0.717) is 26.6 Å². The van der Waals surface area contributed by atoms with Gasteiger partial charge in [0.1, 0.15) is 11.5 Å². The van der Waals surface area contributed by atoms with E-state index in [-0.39, 0.29) is 35.7 Å². The van der Waals surface area contributed by atoms with Crippen LogP contribution in [0.4, 0.5) is 17.2 Å². The molecule has 2 aliphatic carbocycles. The number of imide groups is 2. The number of nitrogens with zero attached hydrogens (tertiary/aromatic N) is 5. The number of nitro benzene ring substituents is 1. The molecule has 2 aliphatic heterocycles. The number of halogens is 2. The highest BCUT2D eigenvalue weighted by atomic mass is 79.9. The van der Waals surface area contributed by atoms with Crippen molar-refractivity contribution in [2.24, 2.45) is 36.1 Å². The molecule has 0 bridgehead atoms. The van der Waals surface area contributed by atoms with Gasteiger partial charge in [0.05, 0.1) is 50.2 Å². The summed E-state index contributed by atoms with van der Waals surface area (Å²) in [6.07, 6.45) is 2.25. The molecule has 4 aliphatic rings. The normalized spacial score (nSPS) is 25.5. The number of carbonyl (C=O) groups excluding carboxylic acids is 4. The number of aromatic nitrogens is 2. The highest BCUT2D eigenvalue weighted by Gasteiger charge is 2.68. The van der Waals surface area contributed by atoms with Gasteiger partial charge in [-0.1, -0.05) is 23.3 Å². The van der Waals surface area contributed by atoms with Gasteiger partial charge >= 0.3 is 0 Å². The number of thiophene rings is 1. The fraction of sp³-hybridized carbons (Fsp3) is 0.293. The lowest BCUT2D eigenvalue weighted by molar-refractivity contribution is -0.384. The first-order chi connectivity index (χ1) is 27.1. The third-order valence-corrected chi connectivity index (χ3v) is 14.5. The molecule has 16 heteroatoms. The first-order valence-corrected chi connectivity index (χ1v) is 20.1. The lowest BCUT2D eigenvalue weighted by Gasteiger charge is -2.49. The Hall–Kier alpha value is -5.38. The van der Waals surface area contributed by atoms with Gasteiger partial charge in [-0.25, -0.2) is 4.90 Å². The summed E-state index contributed by atoms with van der Waals surface area (Å²) in [5.41, 5.74) is 1.56. The number of fused-ring (bicyclic) bond motifs is 5. The number of hydrogen-bond acceptors (Lipinski definition) is 10. The Morgan fingerprint density at radius 2 is 1.75 bits per heavy atom. The molecular formula is C41H33BrClN5O8S. The Labute approximate surface area is 342 Å². The van der Waals surface area contributed by atoms with E-state index < -0.39 is 63.6 Å². The lowest BCUT2D eigenvalue weighted by Crippen LogP contribution is -2.49. The Bertz CT molecular complexity index is 2670. The van der Waals surface area contributed by atoms with E-state index in [1.807, 2.05) is 31.2 Å². The largest absolute Gasteiger partial charge is 0.503 e. The number of hydrogen-bond donors (Lipinski definition) is 1. The molecule has 3 aromatic carbocycles. The van der Waals surface area contributed by atoms with Crippen LogP contribution in [0, 0.1) is 46.1 Å². The van der Waals surface area contributed by atoms with E-state index in [9.17, 15) is 29.6 Å². The van der Waals surface area contributed by atoms with E-state index in [1.165, 1.54) is 52.3 Å². The zero-order chi connectivity index (χ0) is 40.4. The van der Waals surface area contributed by atoms with Crippen LogP contribution >= 0.6 is 38.9 Å². The van der Waals surface area contributed by atoms with Crippen LogP contribution in [0.25, 0.3) is 20.7 Å². The molecule has 13 nitrogen and oxygen atoms in total. The highest BCUT2D eigenvalue weighted by Crippen LogP contribution is 2.64. The number of ether oxygens (including phenoxy) is 1. The van der Waals surface area contributed by atoms with E-state index in [0.717, 1.165) is 31.0 Å². The molecule has 4 amide bonds. The number of nitro groups is 1. The molecule has 2 aromatic heterocycles. The molecule has 2 saturated heterocycles. The van der Waals surface area contributed by atoms with Gasteiger partial charge in [-0.2, -0.15) is 5.10 Å². The van der Waals surface area contributed by atoms with Crippen LogP contribution in [-0.4, -0.2) is 50.5 Å². The van der Waals surface area contributed by atoms with Crippen LogP contribution < -0.4 is 14.5 Å². The van der Waals surface area contributed by atoms with Crippen molar-refractivity contribution in [3.8, 4) is 22.1 Å². The monoisotopic (exact) mass is 869 g/mol. The zero-order valence-electron chi connectivity index (χ0n) is 30.9. The van der Waals surface area contributed by atoms with Crippen LogP contribution in [0.3, 0.4) is 0 Å². The van der Waals surface area contributed by atoms with Crippen molar-refractivity contribution < 1.29 is 33.9 Å². The number of non-ortho nitro benzene ring substituents is 1. The maximum absolute atomic E-state index is 15.2. The first-order valence-electron chi connectivity index (χ1n) is 18.2. The number of phenolic OH excluding ortho intramolecular Hbond substituents is 1. The smallest absolute Gasteiger partial charge is 0.269 e. The summed E-state index contributed by atoms with van der Waals surface area (Å²) in [6, 6.07) is 16.0. The number of methoxy groups -OCH3 is 1. The minimum atomic E-state index is -1.37. The first kappa shape index (κ1) is 37.2. The average Bonchev–Trinajstić information content (AvgIpc) is 3.86. The van der Waals surface area contributed by atoms with Crippen molar-refractivity contribution >= 4 is 89.8 Å². The third-order valence-electron chi connectivity index (χ3n) is 12.4. The molecular weight excluding hydrogens is 838 g/mol. The summed E-state index contributed by atoms with van der Waals surface area (Å²) in [5.74, 6) is -5.38. The fourth-order valence-corrected chi connectivity index (χ4v) is 11.5. The summed E-state index contributed by atoms with van der Waals surface area (Å²) in [4.78, 5) is 72.6. The van der Waals surface area contributed by atoms with Gasteiger partial charge < -0.3 is 9.84 Å². The molecule has 9 rings (SSSR count). The maximum Gasteiger partial charge on any atom is 0.269 e. The summed E-state index contributed by atoms with van der Waals surface area (Å²) in [7, 11) is 3.10. The van der Waals surface area contributed by atoms with Crippen molar-refractivity contribution in [1.82, 2.24) is 9.78 Å². The topological polar surface area (TPSA) is 165 Å². The number of benzene rings is 3. The van der Waals surface area contributed by atoms with E-state index in [2.05, 4.69) is 15.9 Å². The molecule has 3 fully saturated rings. The van der Waals surface area contributed by atoms with Crippen molar-refractivity contribution in [2.45, 2.75) is 32.6 Å². The van der Waals surface area contributed by atoms with Crippen LogP contribution in [0.15, 0.2) is 76.8 Å². The minimum absolute atomic E-state index is 0.117. The number of anilines is 2. The summed E-state index contributed by atoms with van der Waals surface area (Å²) >= 11 is 11.3. The SMILES string of the molecule is COc1cc(C2C3=CCC4C(=O)N(c5ccc([N+](=O)[O-])cc5)C(=O)C4C3CC3C(=O)N(c4cc(-c5sc6ccc(Cl)cc6c5C)nn4C)C(=O)C32C)cc(Br)c1O. The second kappa shape index (κ2) is 13.1. The molecule has 5 aromatic rings. The van der Waals surface area contributed by atoms with Gasteiger partial charge in [-0.15, -0.1) is 11.3 Å². The standard InChI is InChI=1S/C41H33BrClN5O8S/c1-18-25-15-20(43)5-12-31(25)57-36(18)29-17-32(45(3)44-29)47-38(51)27-16-26-23(34(41(27,2)40(47)53)19-13-28(42)35(49)30(14-19)56-4)10-11-24-33(26)39(52)46(37(24)50)21-6-8-22(9-7-21)48(54)55/h5-10,12-15,17,24,26-27,33-34,49H,11,16H2,1-4H3. The predicted octanol–water partition coefficient (Wildman–Crippen LogP) is 8.08. The Morgan fingerprint density at radius 1 is 1.02 bits per heavy atom. The number of amides is 4. The van der Waals surface area contributed by atoms with Gasteiger partial charge in [-0.05, 0) is 108 Å². The number of rotatable bonds is 6. The summed E-state index contributed by atoms with van der Waals surface area (Å²) in [5, 5.41) is 28.5. The van der Waals surface area contributed by atoms with Crippen LogP contribution in [0.1, 0.15) is 36.8 Å². The minimum Gasteiger partial charge on any atom is -0.503 e. The van der Waals surface area contributed by atoms with Gasteiger partial charge in [0, 0.05) is 40.9 Å². The number of aryl methyl sites for hydroxylation is 2. The van der Waals surface area contributed by atoms with Crippen LogP contribution in [0.5, 0.6) is 11.5 Å². The number of phenols is 1. The number of carbonyl (C=O) groups is 4. The molecule has 57 heavy (non-hydrogen) atoms. The number of aromatic hydroxyl groups is 1.